The number of aromatic nitrogens is 2. The maximum atomic E-state index is 5.92. The standard InChI is InChI=1S/C13H13ClN2OS2/c1-17-13(18)19-12(8-16-7-6-15-9-16)10-2-4-11(14)5-3-10/h2-7,9,12H,8H2,1H3. The van der Waals surface area contributed by atoms with Gasteiger partial charge in [-0.05, 0) is 29.9 Å². The highest BCUT2D eigenvalue weighted by molar-refractivity contribution is 8.22. The van der Waals surface area contributed by atoms with Crippen molar-refractivity contribution in [3.8, 4) is 0 Å². The quantitative estimate of drug-likeness (QED) is 0.799. The molecule has 1 heterocycles. The van der Waals surface area contributed by atoms with Gasteiger partial charge in [-0.2, -0.15) is 0 Å². The Labute approximate surface area is 126 Å². The number of hydrogen-bond acceptors (Lipinski definition) is 4. The second-order valence-electron chi connectivity index (χ2n) is 3.87. The van der Waals surface area contributed by atoms with Crippen LogP contribution in [0.3, 0.4) is 0 Å². The maximum Gasteiger partial charge on any atom is 0.220 e. The largest absolute Gasteiger partial charge is 0.482 e. The summed E-state index contributed by atoms with van der Waals surface area (Å²) in [6, 6.07) is 7.78. The van der Waals surface area contributed by atoms with E-state index in [1.807, 2.05) is 35.0 Å². The fourth-order valence-corrected chi connectivity index (χ4v) is 2.98. The lowest BCUT2D eigenvalue weighted by molar-refractivity contribution is 0.426. The Morgan fingerprint density at radius 1 is 1.47 bits per heavy atom. The van der Waals surface area contributed by atoms with Gasteiger partial charge >= 0.3 is 0 Å². The zero-order chi connectivity index (χ0) is 13.7. The summed E-state index contributed by atoms with van der Waals surface area (Å²) < 4.78 is 7.63. The Morgan fingerprint density at radius 3 is 2.79 bits per heavy atom. The predicted octanol–water partition coefficient (Wildman–Crippen LogP) is 3.94. The number of halogens is 1. The molecule has 6 heteroatoms. The van der Waals surface area contributed by atoms with Gasteiger partial charge in [0.05, 0.1) is 18.7 Å². The van der Waals surface area contributed by atoms with E-state index in [1.54, 1.807) is 19.6 Å². The Balaban J connectivity index is 2.17. The Bertz CT molecular complexity index is 528. The molecule has 0 spiro atoms. The molecule has 0 aliphatic carbocycles. The molecule has 1 unspecified atom stereocenters. The van der Waals surface area contributed by atoms with Crippen LogP contribution in [0.1, 0.15) is 10.8 Å². The van der Waals surface area contributed by atoms with E-state index in [-0.39, 0.29) is 5.25 Å². The van der Waals surface area contributed by atoms with E-state index in [0.717, 1.165) is 17.1 Å². The van der Waals surface area contributed by atoms with Gasteiger partial charge in [-0.25, -0.2) is 4.98 Å². The van der Waals surface area contributed by atoms with E-state index in [4.69, 9.17) is 28.6 Å². The molecule has 1 atom stereocenters. The molecule has 3 nitrogen and oxygen atoms in total. The van der Waals surface area contributed by atoms with Crippen molar-refractivity contribution in [3.05, 3.63) is 53.6 Å². The molecule has 1 aromatic heterocycles. The van der Waals surface area contributed by atoms with Crippen molar-refractivity contribution in [1.82, 2.24) is 9.55 Å². The van der Waals surface area contributed by atoms with E-state index in [2.05, 4.69) is 4.98 Å². The van der Waals surface area contributed by atoms with Crippen molar-refractivity contribution in [1.29, 1.82) is 0 Å². The van der Waals surface area contributed by atoms with Gasteiger partial charge in [0.25, 0.3) is 0 Å². The lowest BCUT2D eigenvalue weighted by Crippen LogP contribution is -2.07. The van der Waals surface area contributed by atoms with Gasteiger partial charge in [0.1, 0.15) is 0 Å². The number of thiocarbonyl (C=S) groups is 1. The summed E-state index contributed by atoms with van der Waals surface area (Å²) in [6.45, 7) is 0.774. The minimum absolute atomic E-state index is 0.166. The fourth-order valence-electron chi connectivity index (χ4n) is 1.64. The minimum atomic E-state index is 0.166. The van der Waals surface area contributed by atoms with Gasteiger partial charge in [-0.3, -0.25) is 0 Å². The van der Waals surface area contributed by atoms with Crippen LogP contribution in [0.25, 0.3) is 0 Å². The summed E-state index contributed by atoms with van der Waals surface area (Å²) in [5.41, 5.74) is 1.16. The number of nitrogens with zero attached hydrogens (tertiary/aromatic N) is 2. The van der Waals surface area contributed by atoms with E-state index < -0.39 is 0 Å². The molecule has 0 saturated heterocycles. The predicted molar refractivity (Wildman–Crippen MR) is 83.6 cm³/mol. The molecule has 0 aliphatic rings. The summed E-state index contributed by atoms with van der Waals surface area (Å²) in [5, 5.41) is 0.892. The smallest absolute Gasteiger partial charge is 0.220 e. The van der Waals surface area contributed by atoms with Crippen molar-refractivity contribution in [2.75, 3.05) is 7.11 Å². The maximum absolute atomic E-state index is 5.92. The number of methoxy groups -OCH3 is 1. The molecular weight excluding hydrogens is 300 g/mol. The number of ether oxygens (including phenoxy) is 1. The van der Waals surface area contributed by atoms with Gasteiger partial charge in [0.2, 0.25) is 4.38 Å². The van der Waals surface area contributed by atoms with Crippen molar-refractivity contribution >= 4 is 40.0 Å². The van der Waals surface area contributed by atoms with Gasteiger partial charge in [-0.1, -0.05) is 35.5 Å². The highest BCUT2D eigenvalue weighted by Gasteiger charge is 2.16. The highest BCUT2D eigenvalue weighted by Crippen LogP contribution is 2.32. The van der Waals surface area contributed by atoms with Gasteiger partial charge < -0.3 is 9.30 Å². The molecule has 1 aromatic carbocycles. The molecule has 0 aliphatic heterocycles. The van der Waals surface area contributed by atoms with Crippen LogP contribution in [0.2, 0.25) is 5.02 Å². The summed E-state index contributed by atoms with van der Waals surface area (Å²) in [7, 11) is 1.59. The molecule has 0 radical (unpaired) electrons. The van der Waals surface area contributed by atoms with Crippen LogP contribution < -0.4 is 0 Å². The second-order valence-corrected chi connectivity index (χ2v) is 6.11. The third-order valence-corrected chi connectivity index (χ3v) is 4.35. The highest BCUT2D eigenvalue weighted by atomic mass is 35.5. The van der Waals surface area contributed by atoms with Gasteiger partial charge in [0, 0.05) is 24.0 Å². The van der Waals surface area contributed by atoms with Crippen LogP contribution >= 0.6 is 35.6 Å². The average molecular weight is 313 g/mol. The van der Waals surface area contributed by atoms with Crippen LogP contribution in [0.5, 0.6) is 0 Å². The van der Waals surface area contributed by atoms with Crippen LogP contribution in [-0.4, -0.2) is 21.0 Å². The minimum Gasteiger partial charge on any atom is -0.482 e. The fraction of sp³-hybridized carbons (Fsp3) is 0.231. The summed E-state index contributed by atoms with van der Waals surface area (Å²) in [4.78, 5) is 4.05. The van der Waals surface area contributed by atoms with Gasteiger partial charge in [0.15, 0.2) is 0 Å². The zero-order valence-corrected chi connectivity index (χ0v) is 12.7. The van der Waals surface area contributed by atoms with E-state index in [0.29, 0.717) is 4.38 Å². The molecule has 2 rings (SSSR count). The third-order valence-electron chi connectivity index (χ3n) is 2.58. The molecule has 0 amide bonds. The molecule has 0 fully saturated rings. The molecule has 2 aromatic rings. The summed E-state index contributed by atoms with van der Waals surface area (Å²) in [5.74, 6) is 0. The van der Waals surface area contributed by atoms with Crippen LogP contribution in [0, 0.1) is 0 Å². The van der Waals surface area contributed by atoms with Crippen molar-refractivity contribution in [3.63, 3.8) is 0 Å². The first-order valence-electron chi connectivity index (χ1n) is 5.65. The topological polar surface area (TPSA) is 27.1 Å². The van der Waals surface area contributed by atoms with E-state index in [9.17, 15) is 0 Å². The first-order valence-corrected chi connectivity index (χ1v) is 7.31. The first-order chi connectivity index (χ1) is 9.19. The molecular formula is C13H13ClN2OS2. The zero-order valence-electron chi connectivity index (χ0n) is 10.3. The Kier molecular flexibility index (Phi) is 5.24. The number of rotatable bonds is 4. The van der Waals surface area contributed by atoms with Gasteiger partial charge in [-0.15, -0.1) is 0 Å². The monoisotopic (exact) mass is 312 g/mol. The van der Waals surface area contributed by atoms with E-state index >= 15 is 0 Å². The SMILES string of the molecule is COC(=S)SC(Cn1ccnc1)c1ccc(Cl)cc1. The number of hydrogen-bond donors (Lipinski definition) is 0. The molecule has 0 saturated carbocycles. The first kappa shape index (κ1) is 14.4. The summed E-state index contributed by atoms with van der Waals surface area (Å²) in [6.07, 6.45) is 5.48. The normalized spacial score (nSPS) is 12.1. The van der Waals surface area contributed by atoms with Crippen LogP contribution in [0.15, 0.2) is 43.0 Å². The summed E-state index contributed by atoms with van der Waals surface area (Å²) >= 11 is 12.6. The van der Waals surface area contributed by atoms with Crippen molar-refractivity contribution in [2.45, 2.75) is 11.8 Å². The average Bonchev–Trinajstić information content (AvgIpc) is 2.91. The number of thioether (sulfide) groups is 1. The number of imidazole rings is 1. The Morgan fingerprint density at radius 2 is 2.21 bits per heavy atom. The van der Waals surface area contributed by atoms with Crippen molar-refractivity contribution in [2.24, 2.45) is 0 Å². The Hall–Kier alpha value is -1.04. The van der Waals surface area contributed by atoms with Crippen molar-refractivity contribution < 1.29 is 4.74 Å². The van der Waals surface area contributed by atoms with Crippen LogP contribution in [0.4, 0.5) is 0 Å². The molecule has 0 bridgehead atoms. The third kappa shape index (κ3) is 4.23. The second kappa shape index (κ2) is 6.93. The molecule has 0 N–H and O–H groups in total. The number of benzene rings is 1. The van der Waals surface area contributed by atoms with E-state index in [1.165, 1.54) is 11.8 Å². The lowest BCUT2D eigenvalue weighted by atomic mass is 10.1. The van der Waals surface area contributed by atoms with Crippen LogP contribution in [-0.2, 0) is 11.3 Å². The lowest BCUT2D eigenvalue weighted by Gasteiger charge is -2.17. The molecule has 100 valence electrons. The molecule has 19 heavy (non-hydrogen) atoms.